The van der Waals surface area contributed by atoms with Crippen molar-refractivity contribution in [1.29, 1.82) is 0 Å². The molecule has 2 aromatic carbocycles. The average molecular weight is 355 g/mol. The molecule has 132 valence electrons. The van der Waals surface area contributed by atoms with Crippen LogP contribution in [0.15, 0.2) is 71.3 Å². The number of pyridine rings is 1. The summed E-state index contributed by atoms with van der Waals surface area (Å²) in [7, 11) is 0. The number of aromatic nitrogens is 2. The van der Waals surface area contributed by atoms with Crippen molar-refractivity contribution in [3.63, 3.8) is 0 Å². The van der Waals surface area contributed by atoms with E-state index in [1.54, 1.807) is 0 Å². The van der Waals surface area contributed by atoms with Gasteiger partial charge in [0.1, 0.15) is 5.69 Å². The molecule has 0 bridgehead atoms. The van der Waals surface area contributed by atoms with Gasteiger partial charge in [-0.05, 0) is 31.0 Å². The topological polar surface area (TPSA) is 68.0 Å². The molecule has 0 radical (unpaired) electrons. The molecule has 5 nitrogen and oxygen atoms in total. The van der Waals surface area contributed by atoms with Crippen molar-refractivity contribution in [3.05, 3.63) is 78.0 Å². The second kappa shape index (κ2) is 6.36. The van der Waals surface area contributed by atoms with E-state index in [9.17, 15) is 4.79 Å². The van der Waals surface area contributed by atoms with Crippen molar-refractivity contribution in [1.82, 2.24) is 10.1 Å². The van der Waals surface area contributed by atoms with Gasteiger partial charge in [0.05, 0.1) is 10.9 Å². The predicted molar refractivity (Wildman–Crippen MR) is 104 cm³/mol. The zero-order valence-corrected chi connectivity index (χ0v) is 14.6. The fraction of sp³-hybridized carbons (Fsp3) is 0.136. The Bertz CT molecular complexity index is 1120. The number of carbonyl (C=O) groups excluding carboxylic acids is 1. The van der Waals surface area contributed by atoms with Gasteiger partial charge in [-0.1, -0.05) is 53.7 Å². The maximum absolute atomic E-state index is 13.1. The molecule has 5 heteroatoms. The van der Waals surface area contributed by atoms with Gasteiger partial charge < -0.3 is 9.84 Å². The van der Waals surface area contributed by atoms with Crippen LogP contribution in [0, 0.1) is 0 Å². The van der Waals surface area contributed by atoms with Crippen molar-refractivity contribution in [2.24, 2.45) is 0 Å². The third kappa shape index (κ3) is 2.97. The number of benzene rings is 2. The molecule has 0 saturated heterocycles. The lowest BCUT2D eigenvalue weighted by Crippen LogP contribution is -2.13. The van der Waals surface area contributed by atoms with Crippen LogP contribution in [0.1, 0.15) is 34.8 Å². The van der Waals surface area contributed by atoms with Crippen molar-refractivity contribution in [3.8, 4) is 11.3 Å². The van der Waals surface area contributed by atoms with E-state index in [1.807, 2.05) is 66.7 Å². The van der Waals surface area contributed by atoms with E-state index in [2.05, 4.69) is 15.5 Å². The van der Waals surface area contributed by atoms with E-state index in [4.69, 9.17) is 4.52 Å². The highest BCUT2D eigenvalue weighted by Gasteiger charge is 2.29. The van der Waals surface area contributed by atoms with Gasteiger partial charge in [-0.15, -0.1) is 0 Å². The number of nitrogens with zero attached hydrogens (tertiary/aromatic N) is 2. The SMILES string of the molecule is O=C(Nc1ccccc1)c1cc(C2CC2)nc2onc(-c3ccccc3)c12. The molecular weight excluding hydrogens is 338 g/mol. The van der Waals surface area contributed by atoms with Gasteiger partial charge >= 0.3 is 0 Å². The predicted octanol–water partition coefficient (Wildman–Crippen LogP) is 5.02. The fourth-order valence-electron chi connectivity index (χ4n) is 3.25. The molecule has 2 heterocycles. The van der Waals surface area contributed by atoms with Gasteiger partial charge in [0, 0.05) is 22.9 Å². The molecule has 1 amide bonds. The Morgan fingerprint density at radius 1 is 1.00 bits per heavy atom. The maximum atomic E-state index is 13.1. The van der Waals surface area contributed by atoms with Crippen molar-refractivity contribution < 1.29 is 9.32 Å². The van der Waals surface area contributed by atoms with Gasteiger partial charge in [-0.3, -0.25) is 4.79 Å². The van der Waals surface area contributed by atoms with Crippen LogP contribution >= 0.6 is 0 Å². The number of anilines is 1. The van der Waals surface area contributed by atoms with Crippen LogP contribution in [-0.2, 0) is 0 Å². The molecule has 2 aromatic heterocycles. The number of carbonyl (C=O) groups is 1. The van der Waals surface area contributed by atoms with Crippen LogP contribution in [0.5, 0.6) is 0 Å². The molecule has 1 aliphatic carbocycles. The second-order valence-corrected chi connectivity index (χ2v) is 6.77. The summed E-state index contributed by atoms with van der Waals surface area (Å²) >= 11 is 0. The number of nitrogens with one attached hydrogen (secondary N) is 1. The maximum Gasteiger partial charge on any atom is 0.259 e. The molecular formula is C22H17N3O2. The second-order valence-electron chi connectivity index (χ2n) is 6.77. The molecule has 1 saturated carbocycles. The summed E-state index contributed by atoms with van der Waals surface area (Å²) in [4.78, 5) is 17.7. The first kappa shape index (κ1) is 15.8. The highest BCUT2D eigenvalue weighted by Crippen LogP contribution is 2.41. The third-order valence-electron chi connectivity index (χ3n) is 4.79. The summed E-state index contributed by atoms with van der Waals surface area (Å²) in [6.07, 6.45) is 2.19. The minimum Gasteiger partial charge on any atom is -0.335 e. The summed E-state index contributed by atoms with van der Waals surface area (Å²) < 4.78 is 5.52. The number of rotatable bonds is 4. The zero-order valence-electron chi connectivity index (χ0n) is 14.6. The molecule has 1 N–H and O–H groups in total. The van der Waals surface area contributed by atoms with E-state index in [0.29, 0.717) is 28.3 Å². The van der Waals surface area contributed by atoms with E-state index in [1.165, 1.54) is 0 Å². The van der Waals surface area contributed by atoms with Crippen molar-refractivity contribution >= 4 is 22.7 Å². The lowest BCUT2D eigenvalue weighted by atomic mass is 10.0. The standard InChI is InChI=1S/C22H17N3O2/c26-21(23-16-9-5-2-6-10-16)17-13-18(14-11-12-14)24-22-19(17)20(25-27-22)15-7-3-1-4-8-15/h1-10,13-14H,11-12H2,(H,23,26). The van der Waals surface area contributed by atoms with Crippen LogP contribution in [0.2, 0.25) is 0 Å². The first-order valence-electron chi connectivity index (χ1n) is 9.02. The van der Waals surface area contributed by atoms with E-state index in [0.717, 1.165) is 29.8 Å². The van der Waals surface area contributed by atoms with Crippen molar-refractivity contribution in [2.75, 3.05) is 5.32 Å². The van der Waals surface area contributed by atoms with Gasteiger partial charge in [0.2, 0.25) is 0 Å². The summed E-state index contributed by atoms with van der Waals surface area (Å²) in [5, 5.41) is 7.84. The Morgan fingerprint density at radius 3 is 2.41 bits per heavy atom. The number of hydrogen-bond acceptors (Lipinski definition) is 4. The normalized spacial score (nSPS) is 13.6. The lowest BCUT2D eigenvalue weighted by Gasteiger charge is -2.08. The number of fused-ring (bicyclic) bond motifs is 1. The van der Waals surface area contributed by atoms with E-state index >= 15 is 0 Å². The number of hydrogen-bond donors (Lipinski definition) is 1. The first-order chi connectivity index (χ1) is 13.3. The van der Waals surface area contributed by atoms with Crippen molar-refractivity contribution in [2.45, 2.75) is 18.8 Å². The van der Waals surface area contributed by atoms with Gasteiger partial charge in [0.25, 0.3) is 11.6 Å². The van der Waals surface area contributed by atoms with Gasteiger partial charge in [0.15, 0.2) is 0 Å². The summed E-state index contributed by atoms with van der Waals surface area (Å²) in [5.41, 5.74) is 4.14. The van der Waals surface area contributed by atoms with Crippen LogP contribution in [0.4, 0.5) is 5.69 Å². The molecule has 0 spiro atoms. The van der Waals surface area contributed by atoms with Crippen LogP contribution in [0.25, 0.3) is 22.4 Å². The van der Waals surface area contributed by atoms with E-state index < -0.39 is 0 Å². The Hall–Kier alpha value is -3.47. The van der Waals surface area contributed by atoms with E-state index in [-0.39, 0.29) is 5.91 Å². The molecule has 27 heavy (non-hydrogen) atoms. The summed E-state index contributed by atoms with van der Waals surface area (Å²) in [5.74, 6) is 0.221. The zero-order chi connectivity index (χ0) is 18.2. The Morgan fingerprint density at radius 2 is 1.70 bits per heavy atom. The first-order valence-corrected chi connectivity index (χ1v) is 9.02. The Labute approximate surface area is 156 Å². The average Bonchev–Trinajstić information content (AvgIpc) is 3.48. The van der Waals surface area contributed by atoms with Crippen LogP contribution in [0.3, 0.4) is 0 Å². The highest BCUT2D eigenvalue weighted by molar-refractivity contribution is 6.14. The molecule has 1 aliphatic rings. The molecule has 0 unspecified atom stereocenters. The molecule has 0 aliphatic heterocycles. The highest BCUT2D eigenvalue weighted by atomic mass is 16.5. The Balaban J connectivity index is 1.66. The molecule has 1 fully saturated rings. The van der Waals surface area contributed by atoms with Gasteiger partial charge in [-0.25, -0.2) is 4.98 Å². The molecule has 5 rings (SSSR count). The third-order valence-corrected chi connectivity index (χ3v) is 4.79. The smallest absolute Gasteiger partial charge is 0.259 e. The molecule has 4 aromatic rings. The largest absolute Gasteiger partial charge is 0.335 e. The minimum absolute atomic E-state index is 0.184. The quantitative estimate of drug-likeness (QED) is 0.558. The van der Waals surface area contributed by atoms with Crippen LogP contribution in [-0.4, -0.2) is 16.0 Å². The summed E-state index contributed by atoms with van der Waals surface area (Å²) in [6.45, 7) is 0. The fourth-order valence-corrected chi connectivity index (χ4v) is 3.25. The lowest BCUT2D eigenvalue weighted by molar-refractivity contribution is 0.102. The molecule has 0 atom stereocenters. The number of para-hydroxylation sites is 1. The monoisotopic (exact) mass is 355 g/mol. The minimum atomic E-state index is -0.184. The Kier molecular flexibility index (Phi) is 3.71. The summed E-state index contributed by atoms with van der Waals surface area (Å²) in [6, 6.07) is 21.0. The van der Waals surface area contributed by atoms with Gasteiger partial charge in [-0.2, -0.15) is 0 Å². The van der Waals surface area contributed by atoms with Crippen LogP contribution < -0.4 is 5.32 Å². The number of amides is 1.